The lowest BCUT2D eigenvalue weighted by Gasteiger charge is -2.21. The minimum absolute atomic E-state index is 0.0464. The Morgan fingerprint density at radius 3 is 2.78 bits per heavy atom. The molecule has 124 valence electrons. The Morgan fingerprint density at radius 1 is 1.39 bits per heavy atom. The third kappa shape index (κ3) is 3.06. The predicted octanol–water partition coefficient (Wildman–Crippen LogP) is 3.97. The zero-order valence-electron chi connectivity index (χ0n) is 12.4. The molecule has 0 N–H and O–H groups in total. The van der Waals surface area contributed by atoms with Crippen LogP contribution in [0.1, 0.15) is 23.7 Å². The quantitative estimate of drug-likeness (QED) is 0.667. The molecule has 0 amide bonds. The number of hydrogen-bond acceptors (Lipinski definition) is 3. The van der Waals surface area contributed by atoms with E-state index in [1.807, 2.05) is 6.92 Å². The van der Waals surface area contributed by atoms with Crippen molar-refractivity contribution in [2.75, 3.05) is 7.11 Å². The van der Waals surface area contributed by atoms with Crippen LogP contribution in [-0.2, 0) is 23.9 Å². The van der Waals surface area contributed by atoms with Crippen molar-refractivity contribution in [3.8, 4) is 11.4 Å². The molecule has 1 aliphatic heterocycles. The Morgan fingerprint density at radius 2 is 2.13 bits per heavy atom. The first kappa shape index (κ1) is 16.6. The van der Waals surface area contributed by atoms with Gasteiger partial charge in [-0.2, -0.15) is 18.3 Å². The van der Waals surface area contributed by atoms with Crippen molar-refractivity contribution < 1.29 is 22.6 Å². The maximum atomic E-state index is 13.0. The number of aromatic nitrogens is 2. The zero-order valence-corrected chi connectivity index (χ0v) is 14.6. The lowest BCUT2D eigenvalue weighted by atomic mass is 10.1. The van der Waals surface area contributed by atoms with Gasteiger partial charge in [-0.3, -0.25) is 0 Å². The van der Waals surface area contributed by atoms with E-state index in [1.54, 1.807) is 4.68 Å². The van der Waals surface area contributed by atoms with Crippen molar-refractivity contribution >= 4 is 22.6 Å². The monoisotopic (exact) mass is 438 g/mol. The van der Waals surface area contributed by atoms with E-state index in [-0.39, 0.29) is 11.9 Å². The summed E-state index contributed by atoms with van der Waals surface area (Å²) in [6.07, 6.45) is -3.75. The molecule has 1 atom stereocenters. The Bertz CT molecular complexity index is 743. The van der Waals surface area contributed by atoms with Gasteiger partial charge in [-0.25, -0.2) is 4.68 Å². The minimum Gasteiger partial charge on any atom is -0.496 e. The summed E-state index contributed by atoms with van der Waals surface area (Å²) < 4.78 is 51.9. The third-order valence-corrected chi connectivity index (χ3v) is 4.64. The van der Waals surface area contributed by atoms with E-state index in [0.29, 0.717) is 18.7 Å². The first-order chi connectivity index (χ1) is 10.8. The molecule has 0 bridgehead atoms. The molecule has 0 fully saturated rings. The first-order valence-electron chi connectivity index (χ1n) is 6.94. The number of fused-ring (bicyclic) bond motifs is 1. The molecule has 4 nitrogen and oxygen atoms in total. The van der Waals surface area contributed by atoms with Crippen LogP contribution in [0.3, 0.4) is 0 Å². The highest BCUT2D eigenvalue weighted by Crippen LogP contribution is 2.37. The number of nitrogens with zero attached hydrogens (tertiary/aromatic N) is 2. The maximum Gasteiger partial charge on any atom is 0.419 e. The summed E-state index contributed by atoms with van der Waals surface area (Å²) in [6.45, 7) is 2.42. The molecule has 0 radical (unpaired) electrons. The molecule has 1 unspecified atom stereocenters. The second kappa shape index (κ2) is 5.97. The Labute approximate surface area is 144 Å². The molecule has 0 spiro atoms. The molecule has 2 heterocycles. The van der Waals surface area contributed by atoms with Crippen molar-refractivity contribution in [2.45, 2.75) is 32.2 Å². The molecular formula is C15H14F3IN2O2. The van der Waals surface area contributed by atoms with E-state index >= 15 is 0 Å². The molecule has 0 saturated carbocycles. The minimum atomic E-state index is -4.45. The summed E-state index contributed by atoms with van der Waals surface area (Å²) in [6, 6.07) is 3.80. The number of ether oxygens (including phenoxy) is 2. The van der Waals surface area contributed by atoms with Crippen molar-refractivity contribution in [3.63, 3.8) is 0 Å². The summed E-state index contributed by atoms with van der Waals surface area (Å²) in [5.74, 6) is -0.214. The van der Waals surface area contributed by atoms with Crippen LogP contribution in [-0.4, -0.2) is 23.0 Å². The lowest BCUT2D eigenvalue weighted by Crippen LogP contribution is -2.21. The van der Waals surface area contributed by atoms with E-state index in [4.69, 9.17) is 9.47 Å². The summed E-state index contributed by atoms with van der Waals surface area (Å²) in [4.78, 5) is 0. The van der Waals surface area contributed by atoms with Gasteiger partial charge >= 0.3 is 6.18 Å². The molecule has 2 aromatic rings. The molecule has 0 aliphatic carbocycles. The number of alkyl halides is 3. The topological polar surface area (TPSA) is 36.3 Å². The van der Waals surface area contributed by atoms with Gasteiger partial charge in [0.1, 0.15) is 9.45 Å². The van der Waals surface area contributed by atoms with Gasteiger partial charge in [0.15, 0.2) is 0 Å². The van der Waals surface area contributed by atoms with Gasteiger partial charge in [0.05, 0.1) is 36.8 Å². The van der Waals surface area contributed by atoms with Crippen LogP contribution in [0, 0.1) is 3.70 Å². The SMILES string of the molecule is COc1cc(-n2nc(I)c3c2CC(C)OC3)ccc1C(F)(F)F. The van der Waals surface area contributed by atoms with Crippen molar-refractivity contribution in [2.24, 2.45) is 0 Å². The molecule has 8 heteroatoms. The number of methoxy groups -OCH3 is 1. The molecule has 1 aromatic carbocycles. The Hall–Kier alpha value is -1.29. The summed E-state index contributed by atoms with van der Waals surface area (Å²) in [5.41, 5.74) is 1.71. The fraction of sp³-hybridized carbons (Fsp3) is 0.400. The van der Waals surface area contributed by atoms with Gasteiger partial charge in [-0.05, 0) is 41.6 Å². The smallest absolute Gasteiger partial charge is 0.419 e. The standard InChI is InChI=1S/C15H14F3IN2O2/c1-8-5-12-10(7-23-8)14(19)20-21(12)9-3-4-11(15(16,17)18)13(6-9)22-2/h3-4,6,8H,5,7H2,1-2H3. The highest BCUT2D eigenvalue weighted by Gasteiger charge is 2.34. The largest absolute Gasteiger partial charge is 0.496 e. The van der Waals surface area contributed by atoms with Crippen LogP contribution in [0.4, 0.5) is 13.2 Å². The van der Waals surface area contributed by atoms with Crippen LogP contribution in [0.5, 0.6) is 5.75 Å². The third-order valence-electron chi connectivity index (χ3n) is 3.77. The fourth-order valence-electron chi connectivity index (χ4n) is 2.62. The molecule has 0 saturated heterocycles. The van der Waals surface area contributed by atoms with Crippen molar-refractivity contribution in [1.82, 2.24) is 9.78 Å². The van der Waals surface area contributed by atoms with Gasteiger partial charge in [-0.15, -0.1) is 0 Å². The summed E-state index contributed by atoms with van der Waals surface area (Å²) >= 11 is 2.11. The van der Waals surface area contributed by atoms with Crippen molar-refractivity contribution in [1.29, 1.82) is 0 Å². The zero-order chi connectivity index (χ0) is 16.8. The highest BCUT2D eigenvalue weighted by molar-refractivity contribution is 14.1. The second-order valence-corrected chi connectivity index (χ2v) is 6.36. The number of rotatable bonds is 2. The predicted molar refractivity (Wildman–Crippen MR) is 85.8 cm³/mol. The van der Waals surface area contributed by atoms with Crippen LogP contribution in [0.15, 0.2) is 18.2 Å². The molecule has 3 rings (SSSR count). The van der Waals surface area contributed by atoms with E-state index in [2.05, 4.69) is 27.7 Å². The average molecular weight is 438 g/mol. The second-order valence-electron chi connectivity index (χ2n) is 5.34. The average Bonchev–Trinajstić information content (AvgIpc) is 2.82. The molecule has 1 aromatic heterocycles. The first-order valence-corrected chi connectivity index (χ1v) is 8.02. The number of halogens is 4. The van der Waals surface area contributed by atoms with Gasteiger partial charge in [0.2, 0.25) is 0 Å². The van der Waals surface area contributed by atoms with Crippen LogP contribution in [0.25, 0.3) is 5.69 Å². The lowest BCUT2D eigenvalue weighted by molar-refractivity contribution is -0.138. The van der Waals surface area contributed by atoms with Gasteiger partial charge < -0.3 is 9.47 Å². The van der Waals surface area contributed by atoms with Gasteiger partial charge in [0, 0.05) is 18.1 Å². The Kier molecular flexibility index (Phi) is 4.30. The van der Waals surface area contributed by atoms with Crippen LogP contribution >= 0.6 is 22.6 Å². The van der Waals surface area contributed by atoms with Crippen molar-refractivity contribution in [3.05, 3.63) is 38.7 Å². The van der Waals surface area contributed by atoms with Gasteiger partial charge in [0.25, 0.3) is 0 Å². The van der Waals surface area contributed by atoms with Gasteiger partial charge in [-0.1, -0.05) is 0 Å². The van der Waals surface area contributed by atoms with Crippen LogP contribution in [0.2, 0.25) is 0 Å². The number of hydrogen-bond donors (Lipinski definition) is 0. The highest BCUT2D eigenvalue weighted by atomic mass is 127. The van der Waals surface area contributed by atoms with E-state index < -0.39 is 11.7 Å². The molecule has 1 aliphatic rings. The number of benzene rings is 1. The Balaban J connectivity index is 2.10. The van der Waals surface area contributed by atoms with E-state index in [1.165, 1.54) is 19.2 Å². The fourth-order valence-corrected chi connectivity index (χ4v) is 3.31. The normalized spacial score (nSPS) is 17.9. The summed E-state index contributed by atoms with van der Waals surface area (Å²) in [5, 5.41) is 4.45. The summed E-state index contributed by atoms with van der Waals surface area (Å²) in [7, 11) is 1.23. The van der Waals surface area contributed by atoms with E-state index in [0.717, 1.165) is 21.0 Å². The van der Waals surface area contributed by atoms with Crippen LogP contribution < -0.4 is 4.74 Å². The maximum absolute atomic E-state index is 13.0. The molecule has 23 heavy (non-hydrogen) atoms. The molecular weight excluding hydrogens is 424 g/mol. The van der Waals surface area contributed by atoms with E-state index in [9.17, 15) is 13.2 Å².